The number of rotatable bonds is 8. The second-order valence-corrected chi connectivity index (χ2v) is 6.69. The normalized spacial score (nSPS) is 11.6. The van der Waals surface area contributed by atoms with Crippen LogP contribution in [0.25, 0.3) is 0 Å². The summed E-state index contributed by atoms with van der Waals surface area (Å²) in [6, 6.07) is 12.2. The molecule has 5 nitrogen and oxygen atoms in total. The largest absolute Gasteiger partial charge is 0.494 e. The molecular formula is C20H21Cl2NO4. The summed E-state index contributed by atoms with van der Waals surface area (Å²) in [5.74, 6) is -0.180. The van der Waals surface area contributed by atoms with E-state index in [4.69, 9.17) is 32.7 Å². The van der Waals surface area contributed by atoms with E-state index >= 15 is 0 Å². The number of carbonyl (C=O) groups is 2. The molecule has 2 aromatic rings. The van der Waals surface area contributed by atoms with Gasteiger partial charge in [0.05, 0.1) is 6.61 Å². The van der Waals surface area contributed by atoms with E-state index in [9.17, 15) is 9.59 Å². The van der Waals surface area contributed by atoms with Crippen LogP contribution in [0.4, 0.5) is 5.69 Å². The third-order valence-electron chi connectivity index (χ3n) is 3.68. The maximum Gasteiger partial charge on any atom is 0.306 e. The van der Waals surface area contributed by atoms with Crippen molar-refractivity contribution in [3.63, 3.8) is 0 Å². The van der Waals surface area contributed by atoms with Crippen LogP contribution in [0.3, 0.4) is 0 Å². The van der Waals surface area contributed by atoms with E-state index in [1.54, 1.807) is 18.2 Å². The number of para-hydroxylation sites is 1. The molecule has 0 bridgehead atoms. The fraction of sp³-hybridized carbons (Fsp3) is 0.300. The maximum absolute atomic E-state index is 12.2. The zero-order valence-electron chi connectivity index (χ0n) is 15.1. The summed E-state index contributed by atoms with van der Waals surface area (Å²) < 4.78 is 10.7. The van der Waals surface area contributed by atoms with Crippen LogP contribution in [0, 0.1) is 0 Å². The SMILES string of the molecule is CCOc1ccccc1CCC(=O)O[C@@H](C)C(=O)Nc1cc(Cl)cc(Cl)c1. The van der Waals surface area contributed by atoms with Gasteiger partial charge < -0.3 is 14.8 Å². The van der Waals surface area contributed by atoms with E-state index in [2.05, 4.69) is 5.32 Å². The average molecular weight is 410 g/mol. The highest BCUT2D eigenvalue weighted by Crippen LogP contribution is 2.23. The molecule has 2 aromatic carbocycles. The van der Waals surface area contributed by atoms with Gasteiger partial charge in [-0.05, 0) is 50.1 Å². The third-order valence-corrected chi connectivity index (χ3v) is 4.11. The Labute approximate surface area is 168 Å². The molecule has 0 unspecified atom stereocenters. The highest BCUT2D eigenvalue weighted by Gasteiger charge is 2.18. The Hall–Kier alpha value is -2.24. The van der Waals surface area contributed by atoms with E-state index in [1.807, 2.05) is 31.2 Å². The minimum atomic E-state index is -0.947. The van der Waals surface area contributed by atoms with Gasteiger partial charge in [0.2, 0.25) is 0 Å². The molecule has 0 radical (unpaired) electrons. The van der Waals surface area contributed by atoms with E-state index in [1.165, 1.54) is 6.92 Å². The molecule has 0 aliphatic heterocycles. The molecule has 27 heavy (non-hydrogen) atoms. The Kier molecular flexibility index (Phi) is 7.95. The first-order valence-electron chi connectivity index (χ1n) is 8.56. The molecule has 0 saturated heterocycles. The van der Waals surface area contributed by atoms with E-state index in [0.29, 0.717) is 28.8 Å². The zero-order valence-corrected chi connectivity index (χ0v) is 16.6. The van der Waals surface area contributed by atoms with Crippen LogP contribution in [0.1, 0.15) is 25.8 Å². The van der Waals surface area contributed by atoms with Crippen molar-refractivity contribution in [2.45, 2.75) is 32.8 Å². The highest BCUT2D eigenvalue weighted by atomic mass is 35.5. The average Bonchev–Trinajstić information content (AvgIpc) is 2.60. The number of aryl methyl sites for hydroxylation is 1. The number of benzene rings is 2. The van der Waals surface area contributed by atoms with Crippen LogP contribution in [-0.2, 0) is 20.7 Å². The van der Waals surface area contributed by atoms with Crippen molar-refractivity contribution < 1.29 is 19.1 Å². The lowest BCUT2D eigenvalue weighted by Crippen LogP contribution is -2.30. The Morgan fingerprint density at radius 1 is 1.11 bits per heavy atom. The Morgan fingerprint density at radius 2 is 1.78 bits per heavy atom. The molecule has 2 rings (SSSR count). The van der Waals surface area contributed by atoms with Gasteiger partial charge in [0.1, 0.15) is 5.75 Å². The summed E-state index contributed by atoms with van der Waals surface area (Å²) in [4.78, 5) is 24.3. The number of nitrogens with one attached hydrogen (secondary N) is 1. The first-order chi connectivity index (χ1) is 12.9. The molecule has 0 aliphatic carbocycles. The first-order valence-corrected chi connectivity index (χ1v) is 9.31. The molecule has 0 fully saturated rings. The number of amides is 1. The number of ether oxygens (including phenoxy) is 2. The Bertz CT molecular complexity index is 790. The Balaban J connectivity index is 1.87. The van der Waals surface area contributed by atoms with Crippen LogP contribution >= 0.6 is 23.2 Å². The van der Waals surface area contributed by atoms with Gasteiger partial charge in [0.15, 0.2) is 6.10 Å². The summed E-state index contributed by atoms with van der Waals surface area (Å²) in [6.45, 7) is 3.96. The fourth-order valence-corrected chi connectivity index (χ4v) is 2.95. The molecule has 144 valence electrons. The predicted octanol–water partition coefficient (Wildman–Crippen LogP) is 4.90. The molecule has 7 heteroatoms. The van der Waals surface area contributed by atoms with Gasteiger partial charge in [0.25, 0.3) is 5.91 Å². The van der Waals surface area contributed by atoms with Gasteiger partial charge >= 0.3 is 5.97 Å². The van der Waals surface area contributed by atoms with E-state index in [0.717, 1.165) is 11.3 Å². The van der Waals surface area contributed by atoms with Gasteiger partial charge in [0, 0.05) is 22.2 Å². The van der Waals surface area contributed by atoms with Crippen LogP contribution < -0.4 is 10.1 Å². The standard InChI is InChI=1S/C20H21Cl2NO4/c1-3-26-18-7-5-4-6-14(18)8-9-19(24)27-13(2)20(25)23-17-11-15(21)10-16(22)12-17/h4-7,10-13H,3,8-9H2,1-2H3,(H,23,25)/t13-/m0/s1. The number of hydrogen-bond donors (Lipinski definition) is 1. The summed E-state index contributed by atoms with van der Waals surface area (Å²) in [6.07, 6.45) is -0.338. The summed E-state index contributed by atoms with van der Waals surface area (Å²) in [7, 11) is 0. The molecule has 0 heterocycles. The molecule has 1 amide bonds. The third kappa shape index (κ3) is 6.77. The number of esters is 1. The quantitative estimate of drug-likeness (QED) is 0.629. The highest BCUT2D eigenvalue weighted by molar-refractivity contribution is 6.35. The lowest BCUT2D eigenvalue weighted by atomic mass is 10.1. The van der Waals surface area contributed by atoms with Crippen molar-refractivity contribution in [3.05, 3.63) is 58.1 Å². The minimum Gasteiger partial charge on any atom is -0.494 e. The van der Waals surface area contributed by atoms with Crippen LogP contribution in [0.2, 0.25) is 10.0 Å². The number of anilines is 1. The molecule has 0 saturated carbocycles. The second kappa shape index (κ2) is 10.2. The Morgan fingerprint density at radius 3 is 2.44 bits per heavy atom. The maximum atomic E-state index is 12.2. The van der Waals surface area contributed by atoms with Crippen molar-refractivity contribution in [1.29, 1.82) is 0 Å². The van der Waals surface area contributed by atoms with Crippen molar-refractivity contribution >= 4 is 40.8 Å². The minimum absolute atomic E-state index is 0.144. The van der Waals surface area contributed by atoms with Crippen molar-refractivity contribution in [1.82, 2.24) is 0 Å². The zero-order chi connectivity index (χ0) is 19.8. The van der Waals surface area contributed by atoms with Gasteiger partial charge in [-0.25, -0.2) is 0 Å². The van der Waals surface area contributed by atoms with Crippen LogP contribution in [0.5, 0.6) is 5.75 Å². The van der Waals surface area contributed by atoms with Gasteiger partial charge in [-0.1, -0.05) is 41.4 Å². The smallest absolute Gasteiger partial charge is 0.306 e. The monoisotopic (exact) mass is 409 g/mol. The summed E-state index contributed by atoms with van der Waals surface area (Å²) in [5, 5.41) is 3.42. The van der Waals surface area contributed by atoms with E-state index < -0.39 is 18.0 Å². The van der Waals surface area contributed by atoms with Crippen molar-refractivity contribution in [2.75, 3.05) is 11.9 Å². The van der Waals surface area contributed by atoms with Gasteiger partial charge in [-0.3, -0.25) is 9.59 Å². The lowest BCUT2D eigenvalue weighted by Gasteiger charge is -2.14. The van der Waals surface area contributed by atoms with Crippen LogP contribution in [0.15, 0.2) is 42.5 Å². The lowest BCUT2D eigenvalue weighted by molar-refractivity contribution is -0.153. The second-order valence-electron chi connectivity index (χ2n) is 5.82. The van der Waals surface area contributed by atoms with Crippen molar-refractivity contribution in [3.8, 4) is 5.75 Å². The molecule has 1 N–H and O–H groups in total. The molecule has 0 aliphatic rings. The number of hydrogen-bond acceptors (Lipinski definition) is 4. The van der Waals surface area contributed by atoms with E-state index in [-0.39, 0.29) is 6.42 Å². The number of halogens is 2. The van der Waals surface area contributed by atoms with Crippen molar-refractivity contribution in [2.24, 2.45) is 0 Å². The van der Waals surface area contributed by atoms with Gasteiger partial charge in [-0.15, -0.1) is 0 Å². The molecule has 0 spiro atoms. The van der Waals surface area contributed by atoms with Crippen LogP contribution in [-0.4, -0.2) is 24.6 Å². The summed E-state index contributed by atoms with van der Waals surface area (Å²) in [5.41, 5.74) is 1.35. The fourth-order valence-electron chi connectivity index (χ4n) is 2.42. The topological polar surface area (TPSA) is 64.6 Å². The summed E-state index contributed by atoms with van der Waals surface area (Å²) >= 11 is 11.8. The predicted molar refractivity (Wildman–Crippen MR) is 107 cm³/mol. The van der Waals surface area contributed by atoms with Gasteiger partial charge in [-0.2, -0.15) is 0 Å². The molecule has 0 aromatic heterocycles. The first kappa shape index (κ1) is 21.1. The molecular weight excluding hydrogens is 389 g/mol. The number of carbonyl (C=O) groups excluding carboxylic acids is 2. The molecule has 1 atom stereocenters.